The monoisotopic (exact) mass is 305 g/mol. The van der Waals surface area contributed by atoms with Gasteiger partial charge in [0, 0.05) is 20.6 Å². The number of piperidine rings is 1. The summed E-state index contributed by atoms with van der Waals surface area (Å²) in [4.78, 5) is 31.5. The van der Waals surface area contributed by atoms with Crippen LogP contribution < -0.4 is 11.2 Å². The molecule has 0 saturated carbocycles. The molecule has 2 aromatic heterocycles. The average molecular weight is 305 g/mol. The Kier molecular flexibility index (Phi) is 3.90. The van der Waals surface area contributed by atoms with Crippen LogP contribution >= 0.6 is 0 Å². The van der Waals surface area contributed by atoms with E-state index in [9.17, 15) is 9.59 Å². The van der Waals surface area contributed by atoms with Gasteiger partial charge < -0.3 is 4.57 Å². The van der Waals surface area contributed by atoms with Crippen LogP contribution in [0.1, 0.15) is 32.0 Å². The van der Waals surface area contributed by atoms with Crippen LogP contribution in [0.25, 0.3) is 11.2 Å². The summed E-state index contributed by atoms with van der Waals surface area (Å²) in [6.07, 6.45) is 3.72. The second-order valence-corrected chi connectivity index (χ2v) is 5.99. The maximum atomic E-state index is 12.5. The van der Waals surface area contributed by atoms with Gasteiger partial charge in [0.2, 0.25) is 0 Å². The lowest BCUT2D eigenvalue weighted by molar-refractivity contribution is 0.213. The Morgan fingerprint density at radius 1 is 1.05 bits per heavy atom. The van der Waals surface area contributed by atoms with Gasteiger partial charge in [0.25, 0.3) is 5.56 Å². The molecule has 0 amide bonds. The lowest BCUT2D eigenvalue weighted by atomic mass is 10.1. The molecule has 0 aromatic carbocycles. The minimum atomic E-state index is -0.331. The highest BCUT2D eigenvalue weighted by Gasteiger charge is 2.20. The summed E-state index contributed by atoms with van der Waals surface area (Å²) in [6.45, 7) is 5.56. The molecule has 0 atom stereocenters. The molecule has 3 heterocycles. The maximum absolute atomic E-state index is 12.5. The van der Waals surface area contributed by atoms with Gasteiger partial charge in [-0.2, -0.15) is 0 Å². The first-order valence-electron chi connectivity index (χ1n) is 7.92. The summed E-state index contributed by atoms with van der Waals surface area (Å²) in [6, 6.07) is 0. The predicted molar refractivity (Wildman–Crippen MR) is 85.0 cm³/mol. The summed E-state index contributed by atoms with van der Waals surface area (Å²) in [5.41, 5.74) is 0.418. The van der Waals surface area contributed by atoms with Crippen LogP contribution in [0.5, 0.6) is 0 Å². The first-order chi connectivity index (χ1) is 10.5. The van der Waals surface area contributed by atoms with E-state index in [-0.39, 0.29) is 11.2 Å². The number of likely N-dealkylation sites (tertiary alicyclic amines) is 1. The summed E-state index contributed by atoms with van der Waals surface area (Å²) in [5.74, 6) is 0.873. The van der Waals surface area contributed by atoms with Gasteiger partial charge in [0.15, 0.2) is 11.2 Å². The second-order valence-electron chi connectivity index (χ2n) is 5.99. The molecule has 7 nitrogen and oxygen atoms in total. The summed E-state index contributed by atoms with van der Waals surface area (Å²) in [5, 5.41) is 0. The number of hydrogen-bond donors (Lipinski definition) is 0. The van der Waals surface area contributed by atoms with Crippen molar-refractivity contribution in [1.82, 2.24) is 23.6 Å². The van der Waals surface area contributed by atoms with Crippen molar-refractivity contribution in [3.63, 3.8) is 0 Å². The van der Waals surface area contributed by atoms with Crippen molar-refractivity contribution in [2.24, 2.45) is 14.1 Å². The van der Waals surface area contributed by atoms with Crippen molar-refractivity contribution in [2.75, 3.05) is 13.1 Å². The van der Waals surface area contributed by atoms with Gasteiger partial charge in [-0.25, -0.2) is 9.78 Å². The van der Waals surface area contributed by atoms with Crippen molar-refractivity contribution in [2.45, 2.75) is 39.3 Å². The number of imidazole rings is 1. The average Bonchev–Trinajstić information content (AvgIpc) is 2.90. The number of nitrogens with zero attached hydrogens (tertiary/aromatic N) is 5. The molecular weight excluding hydrogens is 282 g/mol. The van der Waals surface area contributed by atoms with E-state index in [0.29, 0.717) is 17.7 Å². The molecule has 0 radical (unpaired) electrons. The Hall–Kier alpha value is -1.89. The zero-order valence-electron chi connectivity index (χ0n) is 13.5. The fourth-order valence-electron chi connectivity index (χ4n) is 3.27. The van der Waals surface area contributed by atoms with Gasteiger partial charge in [0.05, 0.1) is 6.54 Å². The van der Waals surface area contributed by atoms with Crippen LogP contribution in [0.4, 0.5) is 0 Å². The Balaban J connectivity index is 2.15. The molecule has 1 fully saturated rings. The molecule has 22 heavy (non-hydrogen) atoms. The number of hydrogen-bond acceptors (Lipinski definition) is 4. The van der Waals surface area contributed by atoms with Crippen molar-refractivity contribution < 1.29 is 0 Å². The molecule has 0 unspecified atom stereocenters. The standard InChI is InChI=1S/C15H23N5O2/c1-4-20-11(10-19-8-6-5-7-9-19)16-13-12(20)14(21)18(3)15(22)17(13)2/h4-10H2,1-3H3. The van der Waals surface area contributed by atoms with E-state index < -0.39 is 0 Å². The highest BCUT2D eigenvalue weighted by molar-refractivity contribution is 5.71. The van der Waals surface area contributed by atoms with Crippen LogP contribution in [0, 0.1) is 0 Å². The smallest absolute Gasteiger partial charge is 0.321 e. The SMILES string of the molecule is CCn1c(CN2CCCCC2)nc2c1c(=O)n(C)c(=O)n2C. The topological polar surface area (TPSA) is 65.1 Å². The van der Waals surface area contributed by atoms with Crippen LogP contribution in [0.2, 0.25) is 0 Å². The van der Waals surface area contributed by atoms with Gasteiger partial charge in [-0.05, 0) is 32.9 Å². The molecule has 3 rings (SSSR count). The third-order valence-corrected chi connectivity index (χ3v) is 4.56. The molecule has 1 aliphatic heterocycles. The molecular formula is C15H23N5O2. The van der Waals surface area contributed by atoms with E-state index in [0.717, 1.165) is 30.0 Å². The summed E-state index contributed by atoms with van der Waals surface area (Å²) >= 11 is 0. The van der Waals surface area contributed by atoms with Crippen LogP contribution in [-0.2, 0) is 27.2 Å². The molecule has 0 bridgehead atoms. The Morgan fingerprint density at radius 2 is 1.73 bits per heavy atom. The Morgan fingerprint density at radius 3 is 2.36 bits per heavy atom. The van der Waals surface area contributed by atoms with Crippen molar-refractivity contribution in [1.29, 1.82) is 0 Å². The second kappa shape index (κ2) is 5.72. The fourth-order valence-corrected chi connectivity index (χ4v) is 3.27. The number of aromatic nitrogens is 4. The third-order valence-electron chi connectivity index (χ3n) is 4.56. The molecule has 0 spiro atoms. The fraction of sp³-hybridized carbons (Fsp3) is 0.667. The Labute approximate surface area is 128 Å². The minimum absolute atomic E-state index is 0.266. The number of rotatable bonds is 3. The lowest BCUT2D eigenvalue weighted by Gasteiger charge is -2.26. The lowest BCUT2D eigenvalue weighted by Crippen LogP contribution is -2.37. The summed E-state index contributed by atoms with van der Waals surface area (Å²) < 4.78 is 4.56. The maximum Gasteiger partial charge on any atom is 0.332 e. The van der Waals surface area contributed by atoms with Crippen molar-refractivity contribution in [3.8, 4) is 0 Å². The van der Waals surface area contributed by atoms with E-state index in [4.69, 9.17) is 0 Å². The van der Waals surface area contributed by atoms with Gasteiger partial charge >= 0.3 is 5.69 Å². The number of fused-ring (bicyclic) bond motifs is 1. The van der Waals surface area contributed by atoms with E-state index in [1.165, 1.54) is 30.9 Å². The molecule has 120 valence electrons. The van der Waals surface area contributed by atoms with Crippen LogP contribution in [-0.4, -0.2) is 36.7 Å². The molecule has 7 heteroatoms. The molecule has 0 aliphatic carbocycles. The molecule has 1 saturated heterocycles. The van der Waals surface area contributed by atoms with E-state index in [1.54, 1.807) is 7.05 Å². The van der Waals surface area contributed by atoms with Gasteiger partial charge in [-0.1, -0.05) is 6.42 Å². The van der Waals surface area contributed by atoms with Gasteiger partial charge in [-0.15, -0.1) is 0 Å². The molecule has 0 N–H and O–H groups in total. The summed E-state index contributed by atoms with van der Waals surface area (Å²) in [7, 11) is 3.18. The third kappa shape index (κ3) is 2.29. The zero-order valence-corrected chi connectivity index (χ0v) is 13.5. The minimum Gasteiger partial charge on any atom is -0.321 e. The van der Waals surface area contributed by atoms with Gasteiger partial charge in [0.1, 0.15) is 5.82 Å². The van der Waals surface area contributed by atoms with E-state index in [2.05, 4.69) is 9.88 Å². The van der Waals surface area contributed by atoms with Crippen LogP contribution in [0.15, 0.2) is 9.59 Å². The normalized spacial score (nSPS) is 16.5. The highest BCUT2D eigenvalue weighted by atomic mass is 16.2. The van der Waals surface area contributed by atoms with E-state index >= 15 is 0 Å². The van der Waals surface area contributed by atoms with Gasteiger partial charge in [-0.3, -0.25) is 18.8 Å². The largest absolute Gasteiger partial charge is 0.332 e. The first-order valence-corrected chi connectivity index (χ1v) is 7.92. The zero-order chi connectivity index (χ0) is 15.9. The number of aryl methyl sites for hydroxylation is 2. The van der Waals surface area contributed by atoms with Crippen LogP contribution in [0.3, 0.4) is 0 Å². The Bertz CT molecular complexity index is 808. The highest BCUT2D eigenvalue weighted by Crippen LogP contribution is 2.16. The predicted octanol–water partition coefficient (Wildman–Crippen LogP) is 0.440. The quantitative estimate of drug-likeness (QED) is 0.825. The van der Waals surface area contributed by atoms with E-state index in [1.807, 2.05) is 11.5 Å². The van der Waals surface area contributed by atoms with Crippen molar-refractivity contribution >= 4 is 11.2 Å². The van der Waals surface area contributed by atoms with Crippen molar-refractivity contribution in [3.05, 3.63) is 26.7 Å². The molecule has 2 aromatic rings. The first kappa shape index (κ1) is 15.0. The molecule has 1 aliphatic rings.